The monoisotopic (exact) mass is 333 g/mol. The summed E-state index contributed by atoms with van der Waals surface area (Å²) in [6.07, 6.45) is 9.57. The summed E-state index contributed by atoms with van der Waals surface area (Å²) < 4.78 is 2.43. The molecule has 3 aliphatic rings. The standard InChI is InChI=1S/C13H17NOTe/c1-9-8-16-13(11(9)14-12(13)15)7-10-5-3-2-4-6-10/h3,5,8,10-11H,2,4,6-7H2,1H3,(H,14,15)/t10-,11?,13?/m1/s1. The molecular weight excluding hydrogens is 314 g/mol. The molecule has 0 bridgehead atoms. The molecule has 86 valence electrons. The van der Waals surface area contributed by atoms with Crippen molar-refractivity contribution in [3.05, 3.63) is 21.8 Å². The summed E-state index contributed by atoms with van der Waals surface area (Å²) in [4.78, 5) is 11.9. The number of β-lactam (4-membered cyclic amide) rings is 1. The number of carbonyl (C=O) groups excluding carboxylic acids is 1. The molecule has 0 spiro atoms. The van der Waals surface area contributed by atoms with E-state index in [1.807, 2.05) is 0 Å². The van der Waals surface area contributed by atoms with Crippen molar-refractivity contribution >= 4 is 26.8 Å². The second-order valence-electron chi connectivity index (χ2n) is 5.10. The maximum atomic E-state index is 11.9. The Kier molecular flexibility index (Phi) is 2.64. The average molecular weight is 331 g/mol. The Balaban J connectivity index is 1.76. The van der Waals surface area contributed by atoms with Crippen LogP contribution >= 0.6 is 0 Å². The Morgan fingerprint density at radius 3 is 3.12 bits per heavy atom. The summed E-state index contributed by atoms with van der Waals surface area (Å²) in [5.74, 6) is 0.999. The second kappa shape index (κ2) is 3.89. The van der Waals surface area contributed by atoms with Crippen molar-refractivity contribution in [1.82, 2.24) is 5.32 Å². The van der Waals surface area contributed by atoms with Gasteiger partial charge in [-0.05, 0) is 0 Å². The Morgan fingerprint density at radius 1 is 1.62 bits per heavy atom. The van der Waals surface area contributed by atoms with Crippen molar-refractivity contribution in [3.8, 4) is 0 Å². The van der Waals surface area contributed by atoms with Gasteiger partial charge in [0.25, 0.3) is 0 Å². The number of fused-ring (bicyclic) bond motifs is 1. The number of rotatable bonds is 2. The van der Waals surface area contributed by atoms with Crippen LogP contribution in [0.1, 0.15) is 32.6 Å². The Hall–Kier alpha value is -0.260. The number of hydrogen-bond donors (Lipinski definition) is 1. The van der Waals surface area contributed by atoms with E-state index in [-0.39, 0.29) is 24.4 Å². The molecule has 0 radical (unpaired) electrons. The minimum atomic E-state index is -0.264. The third-order valence-corrected chi connectivity index (χ3v) is 8.23. The summed E-state index contributed by atoms with van der Waals surface area (Å²) in [6, 6.07) is 0.401. The van der Waals surface area contributed by atoms with Gasteiger partial charge in [-0.1, -0.05) is 0 Å². The zero-order valence-electron chi connectivity index (χ0n) is 9.53. The fraction of sp³-hybridized carbons (Fsp3) is 0.615. The molecule has 2 heterocycles. The Morgan fingerprint density at radius 2 is 2.50 bits per heavy atom. The molecule has 0 aromatic rings. The number of carbonyl (C=O) groups is 1. The molecule has 1 fully saturated rings. The molecule has 0 aromatic heterocycles. The van der Waals surface area contributed by atoms with E-state index in [1.54, 1.807) is 0 Å². The number of allylic oxidation sites excluding steroid dienone is 2. The van der Waals surface area contributed by atoms with Gasteiger partial charge in [0.05, 0.1) is 0 Å². The van der Waals surface area contributed by atoms with Gasteiger partial charge in [-0.15, -0.1) is 0 Å². The van der Waals surface area contributed by atoms with Crippen LogP contribution in [0.25, 0.3) is 0 Å². The molecule has 0 saturated carbocycles. The van der Waals surface area contributed by atoms with Crippen molar-refractivity contribution in [1.29, 1.82) is 0 Å². The van der Waals surface area contributed by atoms with E-state index < -0.39 is 0 Å². The number of nitrogens with one attached hydrogen (secondary N) is 1. The van der Waals surface area contributed by atoms with E-state index in [9.17, 15) is 4.79 Å². The van der Waals surface area contributed by atoms with E-state index in [2.05, 4.69) is 28.5 Å². The van der Waals surface area contributed by atoms with Crippen molar-refractivity contribution in [2.24, 2.45) is 5.92 Å². The third-order valence-electron chi connectivity index (χ3n) is 3.96. The van der Waals surface area contributed by atoms with Gasteiger partial charge >= 0.3 is 107 Å². The summed E-state index contributed by atoms with van der Waals surface area (Å²) >= 11 is -0.264. The number of hydrogen-bond acceptors (Lipinski definition) is 1. The van der Waals surface area contributed by atoms with Crippen LogP contribution in [-0.4, -0.2) is 32.9 Å². The molecule has 3 atom stereocenters. The SMILES string of the molecule is CC1=C[Te]C2(C[C@@H]3C=CCCC3)C(=O)NC12. The molecule has 1 N–H and O–H groups in total. The van der Waals surface area contributed by atoms with Crippen LogP contribution in [0.3, 0.4) is 0 Å². The molecule has 3 rings (SSSR count). The molecule has 2 aliphatic heterocycles. The molecule has 1 aliphatic carbocycles. The van der Waals surface area contributed by atoms with E-state index in [0.29, 0.717) is 17.9 Å². The summed E-state index contributed by atoms with van der Waals surface area (Å²) in [7, 11) is 0. The van der Waals surface area contributed by atoms with Gasteiger partial charge in [0.15, 0.2) is 0 Å². The third kappa shape index (κ3) is 1.49. The molecular formula is C13H17NOTe. The minimum absolute atomic E-state index is 0.0570. The predicted octanol–water partition coefficient (Wildman–Crippen LogP) is 2.01. The summed E-state index contributed by atoms with van der Waals surface area (Å²) in [5, 5.41) is 3.09. The first-order chi connectivity index (χ1) is 7.72. The van der Waals surface area contributed by atoms with Crippen LogP contribution < -0.4 is 5.32 Å². The summed E-state index contributed by atoms with van der Waals surface area (Å²) in [6.45, 7) is 2.17. The molecule has 2 nitrogen and oxygen atoms in total. The molecule has 1 saturated heterocycles. The molecule has 2 unspecified atom stereocenters. The van der Waals surface area contributed by atoms with Gasteiger partial charge in [0.2, 0.25) is 0 Å². The quantitative estimate of drug-likeness (QED) is 0.468. The summed E-state index contributed by atoms with van der Waals surface area (Å²) in [5.41, 5.74) is 1.42. The van der Waals surface area contributed by atoms with Crippen molar-refractivity contribution < 1.29 is 4.79 Å². The molecule has 16 heavy (non-hydrogen) atoms. The van der Waals surface area contributed by atoms with Gasteiger partial charge in [-0.2, -0.15) is 0 Å². The fourth-order valence-electron chi connectivity index (χ4n) is 2.99. The first-order valence-electron chi connectivity index (χ1n) is 6.04. The van der Waals surface area contributed by atoms with Crippen LogP contribution in [-0.2, 0) is 4.79 Å². The van der Waals surface area contributed by atoms with Crippen molar-refractivity contribution in [2.75, 3.05) is 0 Å². The van der Waals surface area contributed by atoms with Crippen LogP contribution in [0.2, 0.25) is 3.46 Å². The Bertz CT molecular complexity index is 387. The fourth-order valence-corrected chi connectivity index (χ4v) is 6.96. The van der Waals surface area contributed by atoms with Crippen LogP contribution in [0, 0.1) is 5.92 Å². The Labute approximate surface area is 107 Å². The molecule has 1 amide bonds. The van der Waals surface area contributed by atoms with E-state index >= 15 is 0 Å². The molecule has 3 heteroatoms. The maximum absolute atomic E-state index is 11.9. The predicted molar refractivity (Wildman–Crippen MR) is 65.2 cm³/mol. The van der Waals surface area contributed by atoms with Gasteiger partial charge < -0.3 is 0 Å². The first kappa shape index (κ1) is 10.9. The normalized spacial score (nSPS) is 41.1. The first-order valence-corrected chi connectivity index (χ1v) is 8.55. The van der Waals surface area contributed by atoms with E-state index in [1.165, 1.54) is 24.8 Å². The zero-order chi connectivity index (χ0) is 11.2. The van der Waals surface area contributed by atoms with Crippen LogP contribution in [0.5, 0.6) is 0 Å². The van der Waals surface area contributed by atoms with Gasteiger partial charge in [0, 0.05) is 0 Å². The van der Waals surface area contributed by atoms with E-state index in [0.717, 1.165) is 6.42 Å². The van der Waals surface area contributed by atoms with Gasteiger partial charge in [-0.25, -0.2) is 0 Å². The second-order valence-corrected chi connectivity index (χ2v) is 8.52. The average Bonchev–Trinajstić information content (AvgIpc) is 2.55. The zero-order valence-corrected chi connectivity index (χ0v) is 11.9. The van der Waals surface area contributed by atoms with Crippen molar-refractivity contribution in [2.45, 2.75) is 42.1 Å². The van der Waals surface area contributed by atoms with Gasteiger partial charge in [0.1, 0.15) is 0 Å². The topological polar surface area (TPSA) is 29.1 Å². The van der Waals surface area contributed by atoms with Crippen molar-refractivity contribution in [3.63, 3.8) is 0 Å². The van der Waals surface area contributed by atoms with E-state index in [4.69, 9.17) is 0 Å². The van der Waals surface area contributed by atoms with Crippen LogP contribution in [0.4, 0.5) is 0 Å². The van der Waals surface area contributed by atoms with Crippen LogP contribution in [0.15, 0.2) is 21.8 Å². The number of amides is 1. The molecule has 0 aromatic carbocycles. The van der Waals surface area contributed by atoms with Gasteiger partial charge in [-0.3, -0.25) is 0 Å².